The lowest BCUT2D eigenvalue weighted by Gasteiger charge is -2.41. The highest BCUT2D eigenvalue weighted by Crippen LogP contribution is 2.26. The fourth-order valence-corrected chi connectivity index (χ4v) is 7.45. The third-order valence-corrected chi connectivity index (χ3v) is 11.1. The van der Waals surface area contributed by atoms with Crippen LogP contribution in [0.4, 0.5) is 0 Å². The first-order chi connectivity index (χ1) is 30.1. The van der Waals surface area contributed by atoms with E-state index in [1.165, 1.54) is 64.2 Å². The summed E-state index contributed by atoms with van der Waals surface area (Å²) in [5.41, 5.74) is 0. The number of allylic oxidation sites excluding steroid dienone is 10. The van der Waals surface area contributed by atoms with Crippen LogP contribution in [0.15, 0.2) is 60.8 Å². The number of hydrogen-bond acceptors (Lipinski definition) is 11. The van der Waals surface area contributed by atoms with Crippen LogP contribution in [0.5, 0.6) is 0 Å². The third kappa shape index (κ3) is 33.3. The van der Waals surface area contributed by atoms with Gasteiger partial charge in [0.2, 0.25) is 0 Å². The van der Waals surface area contributed by atoms with Crippen LogP contribution in [0.25, 0.3) is 0 Å². The first kappa shape index (κ1) is 57.8. The summed E-state index contributed by atoms with van der Waals surface area (Å²) in [6, 6.07) is 0. The molecule has 0 aliphatic carbocycles. The van der Waals surface area contributed by atoms with Crippen LogP contribution in [-0.4, -0.2) is 97.5 Å². The van der Waals surface area contributed by atoms with Crippen molar-refractivity contribution in [2.45, 2.75) is 218 Å². The van der Waals surface area contributed by atoms with Gasteiger partial charge in [-0.25, -0.2) is 4.18 Å². The number of ether oxygens (including phenoxy) is 4. The molecule has 0 aromatic heterocycles. The number of unbranched alkanes of at least 4 members (excludes halogenated alkanes) is 18. The molecule has 12 nitrogen and oxygen atoms in total. The quantitative estimate of drug-likeness (QED) is 0.0198. The van der Waals surface area contributed by atoms with Crippen molar-refractivity contribution in [3.63, 3.8) is 0 Å². The molecule has 6 unspecified atom stereocenters. The minimum absolute atomic E-state index is 0.0210. The highest BCUT2D eigenvalue weighted by Gasteiger charge is 2.48. The van der Waals surface area contributed by atoms with Gasteiger partial charge in [-0.05, 0) is 83.5 Å². The standard InChI is InChI=1S/C49H86O12S/c1-3-5-7-9-11-13-15-17-19-20-21-22-23-25-27-29-31-33-35-37-39-57-41-43(42-58-49-47(53)48(61-62(54,55)56)46(52)44(40-50)60-49)59-45(51)38-36-34-32-30-28-26-24-18-16-14-12-10-8-6-4-2/h11-14,17-19,21-22,24,43-44,46-50,52-53H,3-10,15-16,20,23,25-42H2,1-2H3,(H,54,55,56)/b13-11-,14-12-,19-17-,22-21-,24-18-. The van der Waals surface area contributed by atoms with Gasteiger partial charge >= 0.3 is 16.4 Å². The first-order valence-corrected chi connectivity index (χ1v) is 25.4. The number of aliphatic hydroxyl groups is 3. The maximum absolute atomic E-state index is 12.9. The Kier molecular flexibility index (Phi) is 37.6. The predicted molar refractivity (Wildman–Crippen MR) is 248 cm³/mol. The van der Waals surface area contributed by atoms with E-state index >= 15 is 0 Å². The Bertz CT molecular complexity index is 1310. The lowest BCUT2D eigenvalue weighted by molar-refractivity contribution is -0.301. The molecule has 0 radical (unpaired) electrons. The fraction of sp³-hybridized carbons (Fsp3) is 0.776. The SMILES string of the molecule is CCCCC/C=C\C/C=C\C/C=C\CCCCCCCCCOCC(COC1OC(CO)C(O)C(OS(=O)(=O)O)C1O)OC(=O)CCCCCCC/C=C\C/C=C\CCCCC. The van der Waals surface area contributed by atoms with Crippen LogP contribution in [0, 0.1) is 0 Å². The monoisotopic (exact) mass is 899 g/mol. The van der Waals surface area contributed by atoms with E-state index in [2.05, 4.69) is 78.8 Å². The largest absolute Gasteiger partial charge is 0.457 e. The van der Waals surface area contributed by atoms with E-state index in [1.54, 1.807) is 0 Å². The minimum Gasteiger partial charge on any atom is -0.457 e. The van der Waals surface area contributed by atoms with Crippen LogP contribution in [0.3, 0.4) is 0 Å². The topological polar surface area (TPSA) is 178 Å². The summed E-state index contributed by atoms with van der Waals surface area (Å²) in [5, 5.41) is 30.7. The maximum Gasteiger partial charge on any atom is 0.397 e. The molecule has 1 saturated heterocycles. The zero-order valence-electron chi connectivity index (χ0n) is 38.4. The van der Waals surface area contributed by atoms with Crippen LogP contribution in [0.2, 0.25) is 0 Å². The molecule has 360 valence electrons. The Labute approximate surface area is 376 Å². The minimum atomic E-state index is -5.07. The van der Waals surface area contributed by atoms with Gasteiger partial charge in [0, 0.05) is 13.0 Å². The summed E-state index contributed by atoms with van der Waals surface area (Å²) in [6.45, 7) is 3.89. The molecule has 1 fully saturated rings. The lowest BCUT2D eigenvalue weighted by atomic mass is 9.99. The van der Waals surface area contributed by atoms with Gasteiger partial charge in [-0.15, -0.1) is 0 Å². The van der Waals surface area contributed by atoms with Gasteiger partial charge in [-0.3, -0.25) is 9.35 Å². The fourth-order valence-electron chi connectivity index (χ4n) is 6.94. The van der Waals surface area contributed by atoms with E-state index in [9.17, 15) is 33.1 Å². The Balaban J connectivity index is 2.42. The zero-order valence-corrected chi connectivity index (χ0v) is 39.2. The predicted octanol–water partition coefficient (Wildman–Crippen LogP) is 10.5. The van der Waals surface area contributed by atoms with Gasteiger partial charge in [0.15, 0.2) is 6.29 Å². The number of hydrogen-bond donors (Lipinski definition) is 4. The molecule has 1 aliphatic rings. The van der Waals surface area contributed by atoms with Gasteiger partial charge in [-0.2, -0.15) is 8.42 Å². The van der Waals surface area contributed by atoms with Crippen LogP contribution >= 0.6 is 0 Å². The zero-order chi connectivity index (χ0) is 45.4. The molecule has 0 spiro atoms. The second-order valence-corrected chi connectivity index (χ2v) is 17.4. The number of aliphatic hydroxyl groups excluding tert-OH is 3. The van der Waals surface area contributed by atoms with Crippen molar-refractivity contribution < 1.29 is 56.2 Å². The second-order valence-electron chi connectivity index (χ2n) is 16.3. The molecule has 1 aliphatic heterocycles. The van der Waals surface area contributed by atoms with E-state index in [0.29, 0.717) is 13.0 Å². The van der Waals surface area contributed by atoms with Crippen molar-refractivity contribution in [2.24, 2.45) is 0 Å². The Hall–Kier alpha value is -2.20. The van der Waals surface area contributed by atoms with Gasteiger partial charge in [0.25, 0.3) is 0 Å². The highest BCUT2D eigenvalue weighted by molar-refractivity contribution is 7.80. The second kappa shape index (κ2) is 40.3. The molecule has 0 amide bonds. The van der Waals surface area contributed by atoms with E-state index in [0.717, 1.165) is 89.9 Å². The molecule has 13 heteroatoms. The van der Waals surface area contributed by atoms with Gasteiger partial charge in [0.05, 0.1) is 19.8 Å². The normalized spacial score (nSPS) is 20.5. The number of esters is 1. The number of carbonyl (C=O) groups is 1. The molecule has 0 aromatic carbocycles. The summed E-state index contributed by atoms with van der Waals surface area (Å²) < 4.78 is 59.1. The van der Waals surface area contributed by atoms with Crippen molar-refractivity contribution in [3.8, 4) is 0 Å². The van der Waals surface area contributed by atoms with Crippen molar-refractivity contribution in [1.82, 2.24) is 0 Å². The van der Waals surface area contributed by atoms with Crippen molar-refractivity contribution >= 4 is 16.4 Å². The smallest absolute Gasteiger partial charge is 0.397 e. The van der Waals surface area contributed by atoms with E-state index in [1.807, 2.05) is 0 Å². The molecule has 6 atom stereocenters. The van der Waals surface area contributed by atoms with E-state index in [4.69, 9.17) is 18.9 Å². The summed E-state index contributed by atoms with van der Waals surface area (Å²) in [6.07, 6.45) is 41.0. The molecule has 0 saturated carbocycles. The first-order valence-electron chi connectivity index (χ1n) is 24.0. The lowest BCUT2D eigenvalue weighted by Crippen LogP contribution is -2.60. The van der Waals surface area contributed by atoms with Crippen molar-refractivity contribution in [1.29, 1.82) is 0 Å². The average Bonchev–Trinajstić information content (AvgIpc) is 3.24. The molecule has 1 heterocycles. The van der Waals surface area contributed by atoms with Gasteiger partial charge < -0.3 is 34.3 Å². The Morgan fingerprint density at radius 1 is 0.613 bits per heavy atom. The summed E-state index contributed by atoms with van der Waals surface area (Å²) in [7, 11) is -5.07. The summed E-state index contributed by atoms with van der Waals surface area (Å²) in [4.78, 5) is 12.9. The van der Waals surface area contributed by atoms with Gasteiger partial charge in [-0.1, -0.05) is 152 Å². The Morgan fingerprint density at radius 2 is 1.06 bits per heavy atom. The van der Waals surface area contributed by atoms with E-state index in [-0.39, 0.29) is 19.6 Å². The molecular formula is C49H86O12S. The van der Waals surface area contributed by atoms with E-state index < -0.39 is 59.8 Å². The number of carbonyl (C=O) groups excluding carboxylic acids is 1. The summed E-state index contributed by atoms with van der Waals surface area (Å²) in [5.74, 6) is -0.418. The third-order valence-electron chi connectivity index (χ3n) is 10.6. The van der Waals surface area contributed by atoms with Gasteiger partial charge in [0.1, 0.15) is 30.5 Å². The van der Waals surface area contributed by atoms with Crippen molar-refractivity contribution in [3.05, 3.63) is 60.8 Å². The number of rotatable bonds is 41. The highest BCUT2D eigenvalue weighted by atomic mass is 32.3. The maximum atomic E-state index is 12.9. The molecular weight excluding hydrogens is 813 g/mol. The molecule has 4 N–H and O–H groups in total. The summed E-state index contributed by atoms with van der Waals surface area (Å²) >= 11 is 0. The van der Waals surface area contributed by atoms with Crippen LogP contribution in [-0.2, 0) is 38.3 Å². The Morgan fingerprint density at radius 3 is 1.55 bits per heavy atom. The molecule has 0 bridgehead atoms. The molecule has 1 rings (SSSR count). The van der Waals surface area contributed by atoms with Crippen molar-refractivity contribution in [2.75, 3.05) is 26.4 Å². The molecule has 62 heavy (non-hydrogen) atoms. The molecule has 0 aromatic rings. The average molecular weight is 899 g/mol. The van der Waals surface area contributed by atoms with Crippen LogP contribution in [0.1, 0.15) is 181 Å². The van der Waals surface area contributed by atoms with Crippen LogP contribution < -0.4 is 0 Å².